The number of nitrogens with one attached hydrogen (secondary N) is 3. The number of methoxy groups -OCH3 is 2. The Bertz CT molecular complexity index is 2090. The van der Waals surface area contributed by atoms with E-state index in [-0.39, 0.29) is 22.9 Å². The van der Waals surface area contributed by atoms with Crippen LogP contribution < -0.4 is 20.7 Å². The molecule has 51 heavy (non-hydrogen) atoms. The molecule has 3 amide bonds. The van der Waals surface area contributed by atoms with E-state index in [2.05, 4.69) is 16.0 Å². The number of aromatic hydroxyl groups is 1. The predicted octanol–water partition coefficient (Wildman–Crippen LogP) is 7.75. The van der Waals surface area contributed by atoms with Crippen LogP contribution in [0.2, 0.25) is 0 Å². The van der Waals surface area contributed by atoms with Crippen LogP contribution >= 0.6 is 23.1 Å². The predicted molar refractivity (Wildman–Crippen MR) is 201 cm³/mol. The SMILES string of the molecule is COC(=O)c1c(-c2ccc(C)cc2)csc1NC(=O)C(C)Sc1cccc(NC(=O)/C(=C\c2ccc(O)cc2OC)NC(=O)c2ccccc2)c1. The van der Waals surface area contributed by atoms with E-state index in [1.54, 1.807) is 67.6 Å². The molecule has 1 heterocycles. The quantitative estimate of drug-likeness (QED) is 0.0582. The van der Waals surface area contributed by atoms with Crippen LogP contribution in [-0.2, 0) is 14.3 Å². The van der Waals surface area contributed by atoms with Crippen LogP contribution in [-0.4, -0.2) is 48.3 Å². The standard InChI is InChI=1S/C39H35N3O7S2/c1-23-13-15-25(16-14-23)31-22-50-38(34(31)39(47)49-4)42-35(44)24(2)51-30-12-8-11-28(20-30)40-37(46)32(41-36(45)26-9-6-5-7-10-26)19-27-17-18-29(43)21-33(27)48-3/h5-22,24,43H,1-4H3,(H,40,46)(H,41,45)(H,42,44)/b32-19+. The molecule has 0 aliphatic carbocycles. The van der Waals surface area contributed by atoms with Gasteiger partial charge in [0.05, 0.1) is 19.5 Å². The lowest BCUT2D eigenvalue weighted by Gasteiger charge is -2.15. The van der Waals surface area contributed by atoms with Crippen molar-refractivity contribution in [1.29, 1.82) is 0 Å². The van der Waals surface area contributed by atoms with E-state index in [1.807, 2.05) is 36.6 Å². The minimum atomic E-state index is -0.611. The van der Waals surface area contributed by atoms with Gasteiger partial charge in [-0.05, 0) is 68.0 Å². The molecule has 0 fully saturated rings. The maximum Gasteiger partial charge on any atom is 0.341 e. The summed E-state index contributed by atoms with van der Waals surface area (Å²) >= 11 is 2.51. The number of ether oxygens (including phenoxy) is 2. The molecule has 5 rings (SSSR count). The number of carbonyl (C=O) groups is 4. The maximum absolute atomic E-state index is 13.6. The van der Waals surface area contributed by atoms with Crippen molar-refractivity contribution in [3.8, 4) is 22.6 Å². The highest BCUT2D eigenvalue weighted by Gasteiger charge is 2.25. The molecule has 0 aliphatic heterocycles. The summed E-state index contributed by atoms with van der Waals surface area (Å²) in [4.78, 5) is 53.6. The van der Waals surface area contributed by atoms with Crippen molar-refractivity contribution in [2.24, 2.45) is 0 Å². The van der Waals surface area contributed by atoms with Crippen LogP contribution in [0.15, 0.2) is 113 Å². The van der Waals surface area contributed by atoms with Gasteiger partial charge in [0.15, 0.2) is 0 Å². The van der Waals surface area contributed by atoms with Gasteiger partial charge in [0, 0.05) is 38.7 Å². The summed E-state index contributed by atoms with van der Waals surface area (Å²) < 4.78 is 10.4. The van der Waals surface area contributed by atoms with Gasteiger partial charge < -0.3 is 30.5 Å². The number of rotatable bonds is 12. The second kappa shape index (κ2) is 16.7. The van der Waals surface area contributed by atoms with Gasteiger partial charge in [-0.3, -0.25) is 14.4 Å². The van der Waals surface area contributed by atoms with E-state index in [0.29, 0.717) is 38.0 Å². The third-order valence-corrected chi connectivity index (χ3v) is 9.59. The summed E-state index contributed by atoms with van der Waals surface area (Å²) in [5.41, 5.74) is 4.03. The summed E-state index contributed by atoms with van der Waals surface area (Å²) in [5.74, 6) is -1.71. The van der Waals surface area contributed by atoms with Gasteiger partial charge in [-0.2, -0.15) is 0 Å². The number of amides is 3. The lowest BCUT2D eigenvalue weighted by molar-refractivity contribution is -0.115. The molecule has 5 aromatic rings. The average Bonchev–Trinajstić information content (AvgIpc) is 3.55. The molecule has 260 valence electrons. The number of phenols is 1. The fourth-order valence-electron chi connectivity index (χ4n) is 4.93. The van der Waals surface area contributed by atoms with Gasteiger partial charge in [-0.25, -0.2) is 4.79 Å². The first-order valence-electron chi connectivity index (χ1n) is 15.7. The average molecular weight is 722 g/mol. The number of benzene rings is 4. The summed E-state index contributed by atoms with van der Waals surface area (Å²) in [6.45, 7) is 3.72. The molecule has 4 aromatic carbocycles. The molecule has 1 atom stereocenters. The number of phenolic OH excluding ortho intramolecular Hbond substituents is 1. The van der Waals surface area contributed by atoms with Crippen LogP contribution in [0.4, 0.5) is 10.7 Å². The van der Waals surface area contributed by atoms with Crippen LogP contribution in [0.5, 0.6) is 11.5 Å². The van der Waals surface area contributed by atoms with Crippen LogP contribution in [0, 0.1) is 6.92 Å². The third-order valence-electron chi connectivity index (χ3n) is 7.60. The van der Waals surface area contributed by atoms with E-state index in [0.717, 1.165) is 11.1 Å². The van der Waals surface area contributed by atoms with Crippen LogP contribution in [0.1, 0.15) is 38.8 Å². The zero-order chi connectivity index (χ0) is 36.5. The number of hydrogen-bond donors (Lipinski definition) is 4. The minimum Gasteiger partial charge on any atom is -0.508 e. The largest absolute Gasteiger partial charge is 0.508 e. The number of thioether (sulfide) groups is 1. The Morgan fingerprint density at radius 1 is 0.882 bits per heavy atom. The van der Waals surface area contributed by atoms with Gasteiger partial charge in [0.1, 0.15) is 27.8 Å². The first-order valence-corrected chi connectivity index (χ1v) is 17.4. The summed E-state index contributed by atoms with van der Waals surface area (Å²) in [7, 11) is 2.73. The van der Waals surface area contributed by atoms with Crippen LogP contribution in [0.25, 0.3) is 17.2 Å². The molecule has 0 bridgehead atoms. The van der Waals surface area contributed by atoms with Crippen molar-refractivity contribution in [2.75, 3.05) is 24.9 Å². The lowest BCUT2D eigenvalue weighted by Crippen LogP contribution is -2.30. The highest BCUT2D eigenvalue weighted by atomic mass is 32.2. The first-order chi connectivity index (χ1) is 24.6. The van der Waals surface area contributed by atoms with Gasteiger partial charge in [0.2, 0.25) is 5.91 Å². The second-order valence-corrected chi connectivity index (χ2v) is 13.5. The normalized spacial score (nSPS) is 11.6. The highest BCUT2D eigenvalue weighted by molar-refractivity contribution is 8.00. The Hall–Kier alpha value is -5.85. The third kappa shape index (κ3) is 9.24. The molecule has 12 heteroatoms. The summed E-state index contributed by atoms with van der Waals surface area (Å²) in [5, 5.41) is 19.9. The Morgan fingerprint density at radius 2 is 1.63 bits per heavy atom. The fraction of sp³-hybridized carbons (Fsp3) is 0.128. The molecule has 0 radical (unpaired) electrons. The van der Waals surface area contributed by atoms with E-state index >= 15 is 0 Å². The molecule has 0 saturated heterocycles. The Morgan fingerprint density at radius 3 is 2.33 bits per heavy atom. The van der Waals surface area contributed by atoms with Crippen molar-refractivity contribution >= 4 is 63.6 Å². The summed E-state index contributed by atoms with van der Waals surface area (Å²) in [6, 6.07) is 27.5. The van der Waals surface area contributed by atoms with Crippen molar-refractivity contribution < 1.29 is 33.8 Å². The van der Waals surface area contributed by atoms with Crippen molar-refractivity contribution in [3.63, 3.8) is 0 Å². The van der Waals surface area contributed by atoms with Gasteiger partial charge in [-0.15, -0.1) is 23.1 Å². The maximum atomic E-state index is 13.6. The topological polar surface area (TPSA) is 143 Å². The zero-order valence-electron chi connectivity index (χ0n) is 28.2. The number of thiophene rings is 1. The monoisotopic (exact) mass is 721 g/mol. The lowest BCUT2D eigenvalue weighted by atomic mass is 10.0. The number of carbonyl (C=O) groups excluding carboxylic acids is 4. The minimum absolute atomic E-state index is 0.0214. The molecule has 0 saturated carbocycles. The molecular formula is C39H35N3O7S2. The van der Waals surface area contributed by atoms with E-state index in [9.17, 15) is 24.3 Å². The van der Waals surface area contributed by atoms with Gasteiger partial charge in [0.25, 0.3) is 11.8 Å². The molecular weight excluding hydrogens is 687 g/mol. The Kier molecular flexibility index (Phi) is 11.9. The second-order valence-electron chi connectivity index (χ2n) is 11.2. The van der Waals surface area contributed by atoms with Crippen LogP contribution in [0.3, 0.4) is 0 Å². The summed E-state index contributed by atoms with van der Waals surface area (Å²) in [6.07, 6.45) is 1.46. The number of anilines is 2. The number of hydrogen-bond acceptors (Lipinski definition) is 9. The number of aryl methyl sites for hydroxylation is 1. The zero-order valence-corrected chi connectivity index (χ0v) is 29.8. The first kappa shape index (κ1) is 36.4. The number of esters is 1. The molecule has 0 spiro atoms. The van der Waals surface area contributed by atoms with Crippen molar-refractivity contribution in [2.45, 2.75) is 24.0 Å². The van der Waals surface area contributed by atoms with E-state index in [1.165, 1.54) is 55.5 Å². The van der Waals surface area contributed by atoms with E-state index in [4.69, 9.17) is 9.47 Å². The molecule has 0 aliphatic rings. The van der Waals surface area contributed by atoms with Gasteiger partial charge in [-0.1, -0.05) is 54.1 Å². The molecule has 1 aromatic heterocycles. The smallest absolute Gasteiger partial charge is 0.341 e. The molecule has 1 unspecified atom stereocenters. The Labute approximate surface area is 303 Å². The highest BCUT2D eigenvalue weighted by Crippen LogP contribution is 2.37. The Balaban J connectivity index is 1.32. The van der Waals surface area contributed by atoms with Crippen molar-refractivity contribution in [1.82, 2.24) is 5.32 Å². The fourth-order valence-corrected chi connectivity index (χ4v) is 6.82. The molecule has 4 N–H and O–H groups in total. The van der Waals surface area contributed by atoms with Gasteiger partial charge >= 0.3 is 5.97 Å². The van der Waals surface area contributed by atoms with E-state index < -0.39 is 23.0 Å². The molecule has 10 nitrogen and oxygen atoms in total. The van der Waals surface area contributed by atoms with Crippen molar-refractivity contribution in [3.05, 3.63) is 130 Å².